The number of hydrogen-bond acceptors (Lipinski definition) is 3. The van der Waals surface area contributed by atoms with Crippen LogP contribution in [-0.4, -0.2) is 37.1 Å². The Labute approximate surface area is 140 Å². The zero-order chi connectivity index (χ0) is 16.2. The molecule has 0 spiro atoms. The van der Waals surface area contributed by atoms with E-state index < -0.39 is 6.04 Å². The van der Waals surface area contributed by atoms with Crippen LogP contribution in [0.15, 0.2) is 24.3 Å². The molecule has 23 heavy (non-hydrogen) atoms. The molecule has 0 aromatic heterocycles. The number of benzene rings is 1. The van der Waals surface area contributed by atoms with Gasteiger partial charge in [-0.15, -0.1) is 0 Å². The van der Waals surface area contributed by atoms with Crippen LogP contribution in [0.1, 0.15) is 32.1 Å². The minimum Gasteiger partial charge on any atom is -0.378 e. The van der Waals surface area contributed by atoms with E-state index in [2.05, 4.69) is 5.32 Å². The highest BCUT2D eigenvalue weighted by molar-refractivity contribution is 6.30. The number of nitrogens with zero attached hydrogens (tertiary/aromatic N) is 1. The maximum atomic E-state index is 12.4. The van der Waals surface area contributed by atoms with Crippen LogP contribution in [0.5, 0.6) is 0 Å². The first kappa shape index (κ1) is 16.3. The molecule has 2 aliphatic rings. The van der Waals surface area contributed by atoms with Crippen LogP contribution in [0.25, 0.3) is 0 Å². The average Bonchev–Trinajstić information content (AvgIpc) is 3.18. The van der Waals surface area contributed by atoms with E-state index in [1.54, 1.807) is 17.0 Å². The van der Waals surface area contributed by atoms with Crippen molar-refractivity contribution < 1.29 is 14.3 Å². The number of ether oxygens (including phenoxy) is 1. The molecule has 0 bridgehead atoms. The van der Waals surface area contributed by atoms with Gasteiger partial charge in [0.25, 0.3) is 0 Å². The molecule has 2 aliphatic heterocycles. The quantitative estimate of drug-likeness (QED) is 0.898. The summed E-state index contributed by atoms with van der Waals surface area (Å²) in [6.45, 7) is 1.40. The van der Waals surface area contributed by atoms with Gasteiger partial charge in [-0.05, 0) is 49.9 Å². The summed E-state index contributed by atoms with van der Waals surface area (Å²) in [4.78, 5) is 26.2. The van der Waals surface area contributed by atoms with Gasteiger partial charge in [-0.1, -0.05) is 11.6 Å². The minimum absolute atomic E-state index is 0.0576. The van der Waals surface area contributed by atoms with E-state index in [0.29, 0.717) is 24.4 Å². The van der Waals surface area contributed by atoms with Gasteiger partial charge in [0.1, 0.15) is 6.04 Å². The lowest BCUT2D eigenvalue weighted by Crippen LogP contribution is -2.41. The van der Waals surface area contributed by atoms with Crippen molar-refractivity contribution in [3.8, 4) is 0 Å². The van der Waals surface area contributed by atoms with Crippen LogP contribution in [0.4, 0.5) is 5.69 Å². The van der Waals surface area contributed by atoms with Crippen LogP contribution in [0.2, 0.25) is 5.02 Å². The molecule has 1 N–H and O–H groups in total. The Hall–Kier alpha value is -1.59. The van der Waals surface area contributed by atoms with Crippen LogP contribution in [0.3, 0.4) is 0 Å². The lowest BCUT2D eigenvalue weighted by Gasteiger charge is -2.17. The molecular weight excluding hydrogens is 316 g/mol. The molecule has 0 saturated carbocycles. The van der Waals surface area contributed by atoms with Gasteiger partial charge in [0.2, 0.25) is 11.8 Å². The van der Waals surface area contributed by atoms with E-state index in [4.69, 9.17) is 16.3 Å². The number of carbonyl (C=O) groups excluding carboxylic acids is 2. The zero-order valence-electron chi connectivity index (χ0n) is 13.0. The molecule has 0 radical (unpaired) electrons. The van der Waals surface area contributed by atoms with Gasteiger partial charge in [0, 0.05) is 30.3 Å². The maximum absolute atomic E-state index is 12.4. The molecule has 5 nitrogen and oxygen atoms in total. The van der Waals surface area contributed by atoms with Crippen molar-refractivity contribution >= 4 is 29.1 Å². The van der Waals surface area contributed by atoms with Crippen LogP contribution >= 0.6 is 11.6 Å². The van der Waals surface area contributed by atoms with Crippen molar-refractivity contribution in [2.24, 2.45) is 0 Å². The number of halogens is 1. The van der Waals surface area contributed by atoms with E-state index in [1.807, 2.05) is 12.1 Å². The zero-order valence-corrected chi connectivity index (χ0v) is 13.7. The first-order chi connectivity index (χ1) is 11.1. The van der Waals surface area contributed by atoms with Gasteiger partial charge >= 0.3 is 0 Å². The summed E-state index contributed by atoms with van der Waals surface area (Å²) in [6.07, 6.45) is 4.07. The molecular formula is C17H21ClN2O3. The second-order valence-electron chi connectivity index (χ2n) is 6.05. The third kappa shape index (κ3) is 4.03. The summed E-state index contributed by atoms with van der Waals surface area (Å²) in [5.41, 5.74) is 0.815. The van der Waals surface area contributed by atoms with Gasteiger partial charge in [-0.3, -0.25) is 9.59 Å². The van der Waals surface area contributed by atoms with E-state index in [1.165, 1.54) is 0 Å². The number of amides is 2. The molecule has 124 valence electrons. The Kier molecular flexibility index (Phi) is 5.18. The van der Waals surface area contributed by atoms with Gasteiger partial charge in [-0.2, -0.15) is 0 Å². The predicted molar refractivity (Wildman–Crippen MR) is 88.6 cm³/mol. The highest BCUT2D eigenvalue weighted by Crippen LogP contribution is 2.23. The van der Waals surface area contributed by atoms with Crippen molar-refractivity contribution in [2.45, 2.75) is 44.2 Å². The van der Waals surface area contributed by atoms with Gasteiger partial charge < -0.3 is 15.0 Å². The highest BCUT2D eigenvalue weighted by Gasteiger charge is 2.33. The van der Waals surface area contributed by atoms with Gasteiger partial charge in [0.05, 0.1) is 6.10 Å². The molecule has 1 aromatic carbocycles. The summed E-state index contributed by atoms with van der Waals surface area (Å²) < 4.78 is 5.51. The molecule has 6 heteroatoms. The van der Waals surface area contributed by atoms with Crippen molar-refractivity contribution in [2.75, 3.05) is 18.1 Å². The Morgan fingerprint density at radius 1 is 1.30 bits per heavy atom. The molecule has 2 heterocycles. The molecule has 2 fully saturated rings. The standard InChI is InChI=1S/C17H21ClN2O3/c18-12-3-5-13(6-4-12)20-10-9-15(17(20)22)19-16(21)8-7-14-2-1-11-23-14/h3-6,14-15H,1-2,7-11H2,(H,19,21). The van der Waals surface area contributed by atoms with Crippen molar-refractivity contribution in [3.63, 3.8) is 0 Å². The fourth-order valence-corrected chi connectivity index (χ4v) is 3.25. The second kappa shape index (κ2) is 7.32. The summed E-state index contributed by atoms with van der Waals surface area (Å²) in [6, 6.07) is 6.74. The Morgan fingerprint density at radius 2 is 2.09 bits per heavy atom. The lowest BCUT2D eigenvalue weighted by molar-refractivity contribution is -0.126. The Morgan fingerprint density at radius 3 is 2.78 bits per heavy atom. The largest absolute Gasteiger partial charge is 0.378 e. The monoisotopic (exact) mass is 336 g/mol. The van der Waals surface area contributed by atoms with Crippen LogP contribution in [0, 0.1) is 0 Å². The Balaban J connectivity index is 1.50. The average molecular weight is 337 g/mol. The minimum atomic E-state index is -0.428. The van der Waals surface area contributed by atoms with E-state index >= 15 is 0 Å². The summed E-state index contributed by atoms with van der Waals surface area (Å²) in [5, 5.41) is 3.49. The first-order valence-corrected chi connectivity index (χ1v) is 8.49. The second-order valence-corrected chi connectivity index (χ2v) is 6.49. The van der Waals surface area contributed by atoms with Gasteiger partial charge in [0.15, 0.2) is 0 Å². The summed E-state index contributed by atoms with van der Waals surface area (Å²) >= 11 is 5.87. The third-order valence-corrected chi connectivity index (χ3v) is 4.65. The van der Waals surface area contributed by atoms with E-state index in [-0.39, 0.29) is 17.9 Å². The predicted octanol–water partition coefficient (Wildman–Crippen LogP) is 2.52. The molecule has 2 unspecified atom stereocenters. The van der Waals surface area contributed by atoms with E-state index in [0.717, 1.165) is 31.6 Å². The number of hydrogen-bond donors (Lipinski definition) is 1. The topological polar surface area (TPSA) is 58.6 Å². The number of nitrogens with one attached hydrogen (secondary N) is 1. The van der Waals surface area contributed by atoms with E-state index in [9.17, 15) is 9.59 Å². The lowest BCUT2D eigenvalue weighted by atomic mass is 10.1. The third-order valence-electron chi connectivity index (χ3n) is 4.40. The normalized spacial score (nSPS) is 24.2. The SMILES string of the molecule is O=C(CCC1CCCO1)NC1CCN(c2ccc(Cl)cc2)C1=O. The molecule has 0 aliphatic carbocycles. The van der Waals surface area contributed by atoms with Gasteiger partial charge in [-0.25, -0.2) is 0 Å². The Bertz CT molecular complexity index is 570. The number of carbonyl (C=O) groups is 2. The molecule has 2 saturated heterocycles. The fraction of sp³-hybridized carbons (Fsp3) is 0.529. The number of rotatable bonds is 5. The highest BCUT2D eigenvalue weighted by atomic mass is 35.5. The summed E-state index contributed by atoms with van der Waals surface area (Å²) in [7, 11) is 0. The van der Waals surface area contributed by atoms with Crippen molar-refractivity contribution in [1.29, 1.82) is 0 Å². The molecule has 1 aromatic rings. The van der Waals surface area contributed by atoms with Crippen LogP contribution in [-0.2, 0) is 14.3 Å². The molecule has 2 atom stereocenters. The first-order valence-electron chi connectivity index (χ1n) is 8.11. The summed E-state index contributed by atoms with van der Waals surface area (Å²) in [5.74, 6) is -0.130. The number of anilines is 1. The maximum Gasteiger partial charge on any atom is 0.249 e. The molecule has 3 rings (SSSR count). The molecule has 2 amide bonds. The smallest absolute Gasteiger partial charge is 0.249 e. The van der Waals surface area contributed by atoms with Crippen molar-refractivity contribution in [3.05, 3.63) is 29.3 Å². The van der Waals surface area contributed by atoms with Crippen molar-refractivity contribution in [1.82, 2.24) is 5.32 Å². The van der Waals surface area contributed by atoms with Crippen LogP contribution < -0.4 is 10.2 Å². The fourth-order valence-electron chi connectivity index (χ4n) is 3.12.